The van der Waals surface area contributed by atoms with Gasteiger partial charge in [0.1, 0.15) is 5.01 Å². The fourth-order valence-electron chi connectivity index (χ4n) is 3.34. The number of halogens is 1. The molecular formula is C19H14FN3O2S. The molecule has 5 rings (SSSR count). The Kier molecular flexibility index (Phi) is 3.33. The number of rotatable bonds is 2. The molecule has 0 fully saturated rings. The van der Waals surface area contributed by atoms with Crippen molar-refractivity contribution in [2.45, 2.75) is 13.3 Å². The summed E-state index contributed by atoms with van der Waals surface area (Å²) in [5, 5.41) is 0.799. The lowest BCUT2D eigenvalue weighted by molar-refractivity contribution is 0.339. The molecule has 5 nitrogen and oxygen atoms in total. The summed E-state index contributed by atoms with van der Waals surface area (Å²) < 4.78 is 25.8. The molecule has 2 aromatic carbocycles. The molecule has 0 amide bonds. The molecule has 0 aliphatic carbocycles. The lowest BCUT2D eigenvalue weighted by atomic mass is 10.1. The highest BCUT2D eigenvalue weighted by Crippen LogP contribution is 2.41. The van der Waals surface area contributed by atoms with E-state index in [0.717, 1.165) is 37.4 Å². The van der Waals surface area contributed by atoms with Gasteiger partial charge in [-0.25, -0.2) is 19.3 Å². The first kappa shape index (κ1) is 15.5. The van der Waals surface area contributed by atoms with Crippen LogP contribution in [-0.4, -0.2) is 28.7 Å². The van der Waals surface area contributed by atoms with Crippen LogP contribution in [0.5, 0.6) is 11.6 Å². The lowest BCUT2D eigenvalue weighted by Crippen LogP contribution is -1.93. The van der Waals surface area contributed by atoms with Crippen LogP contribution in [0.25, 0.3) is 31.8 Å². The van der Waals surface area contributed by atoms with Gasteiger partial charge in [-0.05, 0) is 24.6 Å². The molecule has 7 heteroatoms. The van der Waals surface area contributed by atoms with Crippen LogP contribution in [0.1, 0.15) is 11.1 Å². The predicted molar refractivity (Wildman–Crippen MR) is 98.6 cm³/mol. The van der Waals surface area contributed by atoms with E-state index in [0.29, 0.717) is 30.2 Å². The fraction of sp³-hybridized carbons (Fsp3) is 0.211. The van der Waals surface area contributed by atoms with Gasteiger partial charge in [0.2, 0.25) is 5.88 Å². The van der Waals surface area contributed by atoms with E-state index in [4.69, 9.17) is 9.47 Å². The Bertz CT molecular complexity index is 1190. The summed E-state index contributed by atoms with van der Waals surface area (Å²) in [6.07, 6.45) is 2.30. The van der Waals surface area contributed by atoms with E-state index in [1.807, 2.05) is 19.1 Å². The van der Waals surface area contributed by atoms with E-state index < -0.39 is 0 Å². The van der Waals surface area contributed by atoms with E-state index in [-0.39, 0.29) is 5.82 Å². The Hall–Kier alpha value is -2.80. The molecule has 0 spiro atoms. The zero-order valence-corrected chi connectivity index (χ0v) is 15.0. The molecule has 0 bridgehead atoms. The predicted octanol–water partition coefficient (Wildman–Crippen LogP) is 4.30. The maximum absolute atomic E-state index is 14.2. The second-order valence-corrected chi connectivity index (χ2v) is 7.22. The summed E-state index contributed by atoms with van der Waals surface area (Å²) in [5.41, 5.74) is 5.01. The van der Waals surface area contributed by atoms with Gasteiger partial charge in [0.05, 0.1) is 41.2 Å². The largest absolute Gasteiger partial charge is 0.490 e. The minimum absolute atomic E-state index is 0.347. The quantitative estimate of drug-likeness (QED) is 0.529. The Morgan fingerprint density at radius 2 is 2.08 bits per heavy atom. The van der Waals surface area contributed by atoms with Crippen molar-refractivity contribution in [1.82, 2.24) is 15.0 Å². The van der Waals surface area contributed by atoms with Gasteiger partial charge in [-0.3, -0.25) is 0 Å². The Morgan fingerprint density at radius 1 is 1.19 bits per heavy atom. The number of benzene rings is 2. The van der Waals surface area contributed by atoms with Crippen molar-refractivity contribution in [3.05, 3.63) is 41.3 Å². The van der Waals surface area contributed by atoms with Crippen molar-refractivity contribution >= 4 is 32.6 Å². The highest BCUT2D eigenvalue weighted by molar-refractivity contribution is 7.22. The first-order valence-electron chi connectivity index (χ1n) is 8.20. The molecule has 4 aromatic rings. The maximum atomic E-state index is 14.2. The van der Waals surface area contributed by atoms with Gasteiger partial charge in [0.15, 0.2) is 11.6 Å². The highest BCUT2D eigenvalue weighted by Gasteiger charge is 2.23. The second-order valence-electron chi connectivity index (χ2n) is 6.22. The Labute approximate surface area is 152 Å². The van der Waals surface area contributed by atoms with E-state index in [2.05, 4.69) is 15.0 Å². The van der Waals surface area contributed by atoms with E-state index >= 15 is 0 Å². The number of fused-ring (bicyclic) bond motifs is 4. The first-order valence-corrected chi connectivity index (χ1v) is 9.02. The van der Waals surface area contributed by atoms with Crippen LogP contribution in [0.15, 0.2) is 24.4 Å². The van der Waals surface area contributed by atoms with Crippen molar-refractivity contribution in [3.63, 3.8) is 0 Å². The molecular weight excluding hydrogens is 353 g/mol. The van der Waals surface area contributed by atoms with Gasteiger partial charge >= 0.3 is 0 Å². The van der Waals surface area contributed by atoms with E-state index in [9.17, 15) is 4.39 Å². The number of methoxy groups -OCH3 is 1. The van der Waals surface area contributed by atoms with Gasteiger partial charge in [-0.15, -0.1) is 11.3 Å². The van der Waals surface area contributed by atoms with Crippen LogP contribution in [0.4, 0.5) is 4.39 Å². The first-order chi connectivity index (χ1) is 12.6. The smallest absolute Gasteiger partial charge is 0.232 e. The molecule has 0 saturated heterocycles. The molecule has 0 saturated carbocycles. The van der Waals surface area contributed by atoms with Crippen molar-refractivity contribution in [2.75, 3.05) is 13.7 Å². The van der Waals surface area contributed by atoms with Crippen molar-refractivity contribution in [3.8, 4) is 22.2 Å². The zero-order chi connectivity index (χ0) is 17.8. The monoisotopic (exact) mass is 367 g/mol. The van der Waals surface area contributed by atoms with Crippen LogP contribution in [0, 0.1) is 12.7 Å². The molecule has 2 aromatic heterocycles. The van der Waals surface area contributed by atoms with Crippen molar-refractivity contribution in [2.24, 2.45) is 0 Å². The van der Waals surface area contributed by atoms with Gasteiger partial charge in [-0.1, -0.05) is 0 Å². The second kappa shape index (κ2) is 5.60. The molecule has 130 valence electrons. The SMILES string of the molecule is COc1cnc2c(-c3nc4cc(F)c5c(c4s3)CCO5)cc(C)cc2n1. The molecule has 3 heterocycles. The van der Waals surface area contributed by atoms with Crippen LogP contribution in [0.3, 0.4) is 0 Å². The summed E-state index contributed by atoms with van der Waals surface area (Å²) >= 11 is 1.54. The number of nitrogens with zero attached hydrogens (tertiary/aromatic N) is 3. The standard InChI is InChI=1S/C19H14FN3O2S/c1-9-5-11(16-13(6-9)22-15(24-2)8-21-16)19-23-14-7-12(20)17-10(3-4-25-17)18(14)26-19/h5-8H,3-4H2,1-2H3. The summed E-state index contributed by atoms with van der Waals surface area (Å²) in [7, 11) is 1.57. The number of ether oxygens (including phenoxy) is 2. The van der Waals surface area contributed by atoms with Gasteiger partial charge in [-0.2, -0.15) is 0 Å². The molecule has 0 N–H and O–H groups in total. The van der Waals surface area contributed by atoms with E-state index in [1.54, 1.807) is 24.6 Å². The highest BCUT2D eigenvalue weighted by atomic mass is 32.1. The average Bonchev–Trinajstić information content (AvgIpc) is 3.27. The fourth-order valence-corrected chi connectivity index (χ4v) is 4.47. The van der Waals surface area contributed by atoms with Crippen molar-refractivity contribution in [1.29, 1.82) is 0 Å². The third-order valence-electron chi connectivity index (χ3n) is 4.49. The van der Waals surface area contributed by atoms with Gasteiger partial charge in [0, 0.05) is 23.6 Å². The van der Waals surface area contributed by atoms with Gasteiger partial charge < -0.3 is 9.47 Å². The minimum atomic E-state index is -0.347. The molecule has 1 aliphatic rings. The Balaban J connectivity index is 1.78. The Morgan fingerprint density at radius 3 is 2.92 bits per heavy atom. The van der Waals surface area contributed by atoms with E-state index in [1.165, 1.54) is 6.07 Å². The van der Waals surface area contributed by atoms with Crippen LogP contribution < -0.4 is 9.47 Å². The number of aromatic nitrogens is 3. The number of aryl methyl sites for hydroxylation is 1. The topological polar surface area (TPSA) is 57.1 Å². The molecule has 0 atom stereocenters. The number of hydrogen-bond acceptors (Lipinski definition) is 6. The minimum Gasteiger partial charge on any atom is -0.490 e. The molecule has 26 heavy (non-hydrogen) atoms. The van der Waals surface area contributed by atoms with Gasteiger partial charge in [0.25, 0.3) is 0 Å². The summed E-state index contributed by atoms with van der Waals surface area (Å²) in [6, 6.07) is 5.45. The van der Waals surface area contributed by atoms with Crippen LogP contribution in [-0.2, 0) is 6.42 Å². The average molecular weight is 367 g/mol. The molecule has 0 radical (unpaired) electrons. The number of thiazole rings is 1. The summed E-state index contributed by atoms with van der Waals surface area (Å²) in [5.74, 6) is 0.488. The summed E-state index contributed by atoms with van der Waals surface area (Å²) in [6.45, 7) is 2.51. The molecule has 0 unspecified atom stereocenters. The van der Waals surface area contributed by atoms with Crippen LogP contribution >= 0.6 is 11.3 Å². The third-order valence-corrected chi connectivity index (χ3v) is 5.65. The summed E-state index contributed by atoms with van der Waals surface area (Å²) in [4.78, 5) is 13.7. The lowest BCUT2D eigenvalue weighted by Gasteiger charge is -2.06. The maximum Gasteiger partial charge on any atom is 0.232 e. The molecule has 1 aliphatic heterocycles. The normalized spacial score (nSPS) is 13.2. The third kappa shape index (κ3) is 2.24. The number of hydrogen-bond donors (Lipinski definition) is 0. The van der Waals surface area contributed by atoms with Crippen molar-refractivity contribution < 1.29 is 13.9 Å². The van der Waals surface area contributed by atoms with Crippen LogP contribution in [0.2, 0.25) is 0 Å². The zero-order valence-electron chi connectivity index (χ0n) is 14.2.